The lowest BCUT2D eigenvalue weighted by Crippen LogP contribution is -2.63. The Kier molecular flexibility index (Phi) is 18.3. The molecular formula is C51H92N4O5. The Morgan fingerprint density at radius 1 is 0.617 bits per heavy atom. The molecule has 0 aromatic rings. The highest BCUT2D eigenvalue weighted by Crippen LogP contribution is 2.43. The first-order chi connectivity index (χ1) is 27.1. The number of likely N-dealkylation sites (tertiary alicyclic amines) is 2. The van der Waals surface area contributed by atoms with Crippen LogP contribution in [0.5, 0.6) is 0 Å². The predicted molar refractivity (Wildman–Crippen MR) is 250 cm³/mol. The number of ether oxygens (including phenoxy) is 1. The number of amides is 1. The van der Waals surface area contributed by atoms with Gasteiger partial charge in [-0.3, -0.25) is 24.6 Å². The van der Waals surface area contributed by atoms with E-state index < -0.39 is 39.0 Å². The highest BCUT2D eigenvalue weighted by atomic mass is 16.6. The molecule has 2 aliphatic heterocycles. The maximum atomic E-state index is 14.3. The van der Waals surface area contributed by atoms with Crippen LogP contribution < -0.4 is 10.6 Å². The number of nitrogens with zero attached hydrogens (tertiary/aromatic N) is 2. The lowest BCUT2D eigenvalue weighted by molar-refractivity contribution is -0.140. The molecule has 0 saturated carbocycles. The van der Waals surface area contributed by atoms with Gasteiger partial charge in [-0.1, -0.05) is 99.5 Å². The number of nitrogens with one attached hydrogen (secondary N) is 2. The number of carbonyl (C=O) groups is 4. The molecule has 2 heterocycles. The largest absolute Gasteiger partial charge is 0.445 e. The molecule has 0 spiro atoms. The van der Waals surface area contributed by atoms with Gasteiger partial charge in [0.05, 0.1) is 16.6 Å². The van der Waals surface area contributed by atoms with Crippen LogP contribution in [0.4, 0.5) is 4.79 Å². The zero-order chi connectivity index (χ0) is 46.2. The summed E-state index contributed by atoms with van der Waals surface area (Å²) in [5, 5.41) is 7.38. The molecule has 0 aromatic carbocycles. The third kappa shape index (κ3) is 15.5. The van der Waals surface area contributed by atoms with E-state index in [1.54, 1.807) is 4.90 Å². The van der Waals surface area contributed by atoms with Crippen molar-refractivity contribution in [2.75, 3.05) is 26.2 Å². The van der Waals surface area contributed by atoms with E-state index in [0.717, 1.165) is 77.2 Å². The third-order valence-corrected chi connectivity index (χ3v) is 11.9. The average molecular weight is 841 g/mol. The normalized spacial score (nSPS) is 22.5. The second-order valence-electron chi connectivity index (χ2n) is 24.5. The standard InChI is InChI=1S/C51H92N4O5/c1-43(2,3)39(56)49(52-46(10,11)12,30-25-21-19-23-27-32-51(41(58)45(7,8)9)33-29-35-55(51)48(16,17)18)31-26-22-20-24-28-37-60-42(59)54-36-34-50(38-54,53-47(13,14)15)40(57)44(4,5)6/h23-24,27-28,52-53H,19-22,25-26,29-38H2,1-18H3/b27-23+,28-24-/t49?,50-,51-/m0/s1. The Labute approximate surface area is 368 Å². The van der Waals surface area contributed by atoms with Gasteiger partial charge in [0.1, 0.15) is 6.61 Å². The van der Waals surface area contributed by atoms with Gasteiger partial charge in [0, 0.05) is 46.0 Å². The van der Waals surface area contributed by atoms with Crippen LogP contribution in [0.3, 0.4) is 0 Å². The number of allylic oxidation sites excluding steroid dienone is 2. The smallest absolute Gasteiger partial charge is 0.410 e. The summed E-state index contributed by atoms with van der Waals surface area (Å²) < 4.78 is 5.64. The van der Waals surface area contributed by atoms with E-state index in [1.165, 1.54) is 0 Å². The molecule has 0 aromatic heterocycles. The third-order valence-electron chi connectivity index (χ3n) is 11.9. The molecule has 2 fully saturated rings. The Morgan fingerprint density at radius 3 is 1.62 bits per heavy atom. The molecule has 0 bridgehead atoms. The minimum absolute atomic E-state index is 0.0813. The Morgan fingerprint density at radius 2 is 1.15 bits per heavy atom. The van der Waals surface area contributed by atoms with Crippen molar-refractivity contribution in [3.8, 4) is 0 Å². The quantitative estimate of drug-likeness (QED) is 0.0978. The van der Waals surface area contributed by atoms with Crippen molar-refractivity contribution in [1.82, 2.24) is 20.4 Å². The van der Waals surface area contributed by atoms with Crippen LogP contribution in [0.2, 0.25) is 0 Å². The molecular weight excluding hydrogens is 749 g/mol. The van der Waals surface area contributed by atoms with Crippen LogP contribution in [-0.4, -0.2) is 92.7 Å². The molecule has 9 nitrogen and oxygen atoms in total. The molecule has 3 atom stereocenters. The number of hydrogen-bond donors (Lipinski definition) is 2. The van der Waals surface area contributed by atoms with E-state index in [9.17, 15) is 19.2 Å². The second-order valence-corrected chi connectivity index (χ2v) is 24.5. The van der Waals surface area contributed by atoms with E-state index in [0.29, 0.717) is 25.3 Å². The lowest BCUT2D eigenvalue weighted by Gasteiger charge is -2.47. The molecule has 2 N–H and O–H groups in total. The van der Waals surface area contributed by atoms with Crippen molar-refractivity contribution in [2.45, 2.75) is 235 Å². The van der Waals surface area contributed by atoms with E-state index in [-0.39, 0.29) is 34.8 Å². The van der Waals surface area contributed by atoms with Crippen molar-refractivity contribution in [2.24, 2.45) is 16.2 Å². The fourth-order valence-electron chi connectivity index (χ4n) is 9.98. The molecule has 2 saturated heterocycles. The molecule has 346 valence electrons. The van der Waals surface area contributed by atoms with Crippen molar-refractivity contribution in [1.29, 1.82) is 0 Å². The van der Waals surface area contributed by atoms with Crippen molar-refractivity contribution < 1.29 is 23.9 Å². The summed E-state index contributed by atoms with van der Waals surface area (Å²) in [5.41, 5.74) is -3.93. The second kappa shape index (κ2) is 20.4. The number of unbranched alkanes of at least 4 members (excludes halogenated alkanes) is 4. The Hall–Kier alpha value is -2.36. The fraction of sp³-hybridized carbons (Fsp3) is 0.843. The summed E-state index contributed by atoms with van der Waals surface area (Å²) in [6, 6.07) is 0. The maximum absolute atomic E-state index is 14.3. The van der Waals surface area contributed by atoms with E-state index in [2.05, 4.69) is 96.1 Å². The van der Waals surface area contributed by atoms with Gasteiger partial charge in [0.2, 0.25) is 0 Å². The lowest BCUT2D eigenvalue weighted by atomic mass is 9.72. The van der Waals surface area contributed by atoms with E-state index in [1.807, 2.05) is 68.4 Å². The van der Waals surface area contributed by atoms with Crippen LogP contribution in [0.1, 0.15) is 202 Å². The maximum Gasteiger partial charge on any atom is 0.410 e. The number of ketones is 3. The summed E-state index contributed by atoms with van der Waals surface area (Å²) in [7, 11) is 0. The van der Waals surface area contributed by atoms with Crippen LogP contribution in [0, 0.1) is 16.2 Å². The fourth-order valence-corrected chi connectivity index (χ4v) is 9.98. The van der Waals surface area contributed by atoms with Gasteiger partial charge >= 0.3 is 6.09 Å². The molecule has 0 aliphatic carbocycles. The minimum Gasteiger partial charge on any atom is -0.445 e. The van der Waals surface area contributed by atoms with Crippen molar-refractivity contribution >= 4 is 23.4 Å². The first-order valence-electron chi connectivity index (χ1n) is 23.3. The van der Waals surface area contributed by atoms with Crippen LogP contribution >= 0.6 is 0 Å². The minimum atomic E-state index is -0.796. The predicted octanol–water partition coefficient (Wildman–Crippen LogP) is 11.2. The Bertz CT molecular complexity index is 1510. The van der Waals surface area contributed by atoms with Gasteiger partial charge in [-0.05, 0) is 133 Å². The highest BCUT2D eigenvalue weighted by molar-refractivity contribution is 5.95. The van der Waals surface area contributed by atoms with Crippen LogP contribution in [-0.2, 0) is 19.1 Å². The molecule has 1 amide bonds. The van der Waals surface area contributed by atoms with E-state index >= 15 is 0 Å². The van der Waals surface area contributed by atoms with Gasteiger partial charge in [0.15, 0.2) is 17.3 Å². The monoisotopic (exact) mass is 841 g/mol. The van der Waals surface area contributed by atoms with Gasteiger partial charge in [-0.2, -0.15) is 0 Å². The number of Topliss-reactive ketones (excluding diaryl/α,β-unsaturated/α-hetero) is 3. The van der Waals surface area contributed by atoms with Crippen molar-refractivity contribution in [3.05, 3.63) is 24.3 Å². The van der Waals surface area contributed by atoms with Crippen molar-refractivity contribution in [3.63, 3.8) is 0 Å². The Balaban J connectivity index is 2.02. The van der Waals surface area contributed by atoms with E-state index in [4.69, 9.17) is 4.74 Å². The topological polar surface area (TPSA) is 108 Å². The highest BCUT2D eigenvalue weighted by Gasteiger charge is 2.53. The number of hydrogen-bond acceptors (Lipinski definition) is 8. The number of carbonyl (C=O) groups excluding carboxylic acids is 4. The molecule has 1 unspecified atom stereocenters. The average Bonchev–Trinajstić information content (AvgIpc) is 3.71. The van der Waals surface area contributed by atoms with Crippen LogP contribution in [0.25, 0.3) is 0 Å². The summed E-state index contributed by atoms with van der Waals surface area (Å²) in [5.74, 6) is 0.723. The summed E-state index contributed by atoms with van der Waals surface area (Å²) in [6.07, 6.45) is 18.3. The molecule has 60 heavy (non-hydrogen) atoms. The molecule has 9 heteroatoms. The zero-order valence-corrected chi connectivity index (χ0v) is 42.1. The summed E-state index contributed by atoms with van der Waals surface area (Å²) in [4.78, 5) is 59.1. The summed E-state index contributed by atoms with van der Waals surface area (Å²) >= 11 is 0. The summed E-state index contributed by atoms with van der Waals surface area (Å²) in [6.45, 7) is 39.2. The number of rotatable bonds is 19. The van der Waals surface area contributed by atoms with Gasteiger partial charge < -0.3 is 15.0 Å². The van der Waals surface area contributed by atoms with Gasteiger partial charge in [-0.15, -0.1) is 0 Å². The molecule has 2 aliphatic rings. The SMILES string of the molecule is CC(C)(C)NC(CCCC/C=C\COC(=O)N1CC[C@@](NC(C)(C)C)(C(=O)C(C)(C)C)C1)(CCCC/C=C/C[C@@]1(C(=O)C(C)(C)C)CCCN1C(C)(C)C)C(=O)C(C)(C)C. The molecule has 0 radical (unpaired) electrons. The molecule has 2 rings (SSSR count). The first-order valence-corrected chi connectivity index (χ1v) is 23.3. The van der Waals surface area contributed by atoms with Gasteiger partial charge in [0.25, 0.3) is 0 Å². The van der Waals surface area contributed by atoms with Crippen LogP contribution in [0.15, 0.2) is 24.3 Å². The van der Waals surface area contributed by atoms with Gasteiger partial charge in [-0.25, -0.2) is 4.79 Å². The zero-order valence-electron chi connectivity index (χ0n) is 42.1. The first kappa shape index (κ1) is 53.8.